The number of thiophene rings is 1. The van der Waals surface area contributed by atoms with Gasteiger partial charge in [-0.05, 0) is 30.4 Å². The lowest BCUT2D eigenvalue weighted by Crippen LogP contribution is -2.16. The quantitative estimate of drug-likeness (QED) is 0.462. The van der Waals surface area contributed by atoms with Crippen molar-refractivity contribution in [2.75, 3.05) is 0 Å². The number of ether oxygens (including phenoxy) is 1. The number of fused-ring (bicyclic) bond motifs is 1. The number of carbonyl (C=O) groups is 1. The van der Waals surface area contributed by atoms with Crippen molar-refractivity contribution in [3.8, 4) is 11.1 Å². The van der Waals surface area contributed by atoms with E-state index in [2.05, 4.69) is 10.1 Å². The SMILES string of the molecule is CCc1nn2c(=O)cc(COC(=O)c3sccc3-c3ccc(C)cc3)nc2s1. The molecule has 0 bridgehead atoms. The maximum absolute atomic E-state index is 12.6. The van der Waals surface area contributed by atoms with Gasteiger partial charge in [0, 0.05) is 11.6 Å². The Kier molecular flexibility index (Phi) is 5.06. The van der Waals surface area contributed by atoms with Crippen LogP contribution in [0.3, 0.4) is 0 Å². The predicted molar refractivity (Wildman–Crippen MR) is 110 cm³/mol. The molecule has 0 fully saturated rings. The van der Waals surface area contributed by atoms with Crippen LogP contribution in [0, 0.1) is 6.92 Å². The molecule has 4 rings (SSSR count). The highest BCUT2D eigenvalue weighted by atomic mass is 32.1. The second-order valence-corrected chi connectivity index (χ2v) is 8.19. The molecule has 4 aromatic rings. The lowest BCUT2D eigenvalue weighted by molar-refractivity contribution is 0.0474. The highest BCUT2D eigenvalue weighted by Gasteiger charge is 2.17. The zero-order valence-electron chi connectivity index (χ0n) is 15.3. The Balaban J connectivity index is 1.54. The number of esters is 1. The Labute approximate surface area is 169 Å². The standard InChI is InChI=1S/C20H17N3O3S2/c1-3-16-22-23-17(24)10-14(21-20(23)28-16)11-26-19(25)18-15(8-9-27-18)13-6-4-12(2)5-7-13/h4-10H,3,11H2,1-2H3. The Morgan fingerprint density at radius 3 is 2.75 bits per heavy atom. The molecule has 6 nitrogen and oxygen atoms in total. The highest BCUT2D eigenvalue weighted by Crippen LogP contribution is 2.29. The minimum absolute atomic E-state index is 0.0603. The minimum atomic E-state index is -0.425. The van der Waals surface area contributed by atoms with E-state index in [4.69, 9.17) is 4.74 Å². The number of rotatable bonds is 5. The highest BCUT2D eigenvalue weighted by molar-refractivity contribution is 7.16. The molecule has 8 heteroatoms. The normalized spacial score (nSPS) is 11.1. The summed E-state index contributed by atoms with van der Waals surface area (Å²) in [7, 11) is 0. The number of aryl methyl sites for hydroxylation is 2. The molecule has 0 saturated carbocycles. The van der Waals surface area contributed by atoms with Crippen LogP contribution >= 0.6 is 22.7 Å². The maximum Gasteiger partial charge on any atom is 0.349 e. The number of nitrogens with zero attached hydrogens (tertiary/aromatic N) is 3. The molecule has 0 unspecified atom stereocenters. The number of hydrogen-bond donors (Lipinski definition) is 0. The number of carbonyl (C=O) groups excluding carboxylic acids is 1. The van der Waals surface area contributed by atoms with Crippen molar-refractivity contribution in [1.82, 2.24) is 14.6 Å². The summed E-state index contributed by atoms with van der Waals surface area (Å²) in [6.07, 6.45) is 0.734. The molecule has 142 valence electrons. The number of benzene rings is 1. The zero-order chi connectivity index (χ0) is 19.7. The molecule has 1 aromatic carbocycles. The molecule has 0 atom stereocenters. The van der Waals surface area contributed by atoms with Crippen LogP contribution < -0.4 is 5.56 Å². The van der Waals surface area contributed by atoms with E-state index in [0.29, 0.717) is 15.5 Å². The van der Waals surface area contributed by atoms with Gasteiger partial charge < -0.3 is 4.74 Å². The fourth-order valence-corrected chi connectivity index (χ4v) is 4.41. The van der Waals surface area contributed by atoms with Crippen molar-refractivity contribution in [2.24, 2.45) is 0 Å². The van der Waals surface area contributed by atoms with Crippen molar-refractivity contribution in [3.63, 3.8) is 0 Å². The van der Waals surface area contributed by atoms with Crippen molar-refractivity contribution in [2.45, 2.75) is 26.9 Å². The summed E-state index contributed by atoms with van der Waals surface area (Å²) >= 11 is 2.70. The Hall–Kier alpha value is -2.84. The summed E-state index contributed by atoms with van der Waals surface area (Å²) in [4.78, 5) is 30.2. The lowest BCUT2D eigenvalue weighted by Gasteiger charge is -2.06. The topological polar surface area (TPSA) is 73.6 Å². The minimum Gasteiger partial charge on any atom is -0.455 e. The summed E-state index contributed by atoms with van der Waals surface area (Å²) < 4.78 is 6.72. The lowest BCUT2D eigenvalue weighted by atomic mass is 10.1. The first-order valence-electron chi connectivity index (χ1n) is 8.75. The first-order chi connectivity index (χ1) is 13.5. The van der Waals surface area contributed by atoms with Gasteiger partial charge in [-0.2, -0.15) is 9.61 Å². The molecule has 0 aliphatic heterocycles. The van der Waals surface area contributed by atoms with E-state index in [9.17, 15) is 9.59 Å². The van der Waals surface area contributed by atoms with E-state index in [1.54, 1.807) is 0 Å². The Morgan fingerprint density at radius 1 is 1.21 bits per heavy atom. The molecule has 0 amide bonds. The van der Waals surface area contributed by atoms with Crippen molar-refractivity contribution < 1.29 is 9.53 Å². The molecule has 0 aliphatic rings. The van der Waals surface area contributed by atoms with Gasteiger partial charge in [-0.15, -0.1) is 11.3 Å². The fourth-order valence-electron chi connectivity index (χ4n) is 2.75. The molecule has 28 heavy (non-hydrogen) atoms. The Bertz CT molecular complexity index is 1210. The van der Waals surface area contributed by atoms with Gasteiger partial charge >= 0.3 is 5.97 Å². The third-order valence-corrected chi connectivity index (χ3v) is 6.15. The molecular formula is C20H17N3O3S2. The van der Waals surface area contributed by atoms with Gasteiger partial charge in [0.15, 0.2) is 0 Å². The van der Waals surface area contributed by atoms with Crippen LogP contribution in [-0.2, 0) is 17.8 Å². The van der Waals surface area contributed by atoms with E-state index >= 15 is 0 Å². The number of hydrogen-bond acceptors (Lipinski definition) is 7. The van der Waals surface area contributed by atoms with Crippen molar-refractivity contribution in [1.29, 1.82) is 0 Å². The predicted octanol–water partition coefficient (Wildman–Crippen LogP) is 4.11. The first-order valence-corrected chi connectivity index (χ1v) is 10.4. The van der Waals surface area contributed by atoms with Crippen LogP contribution in [0.15, 0.2) is 46.6 Å². The van der Waals surface area contributed by atoms with Crippen LogP contribution in [0.4, 0.5) is 0 Å². The van der Waals surface area contributed by atoms with Crippen LogP contribution in [-0.4, -0.2) is 20.6 Å². The van der Waals surface area contributed by atoms with Crippen molar-refractivity contribution >= 4 is 33.6 Å². The summed E-state index contributed by atoms with van der Waals surface area (Å²) in [6.45, 7) is 3.93. The monoisotopic (exact) mass is 411 g/mol. The molecular weight excluding hydrogens is 394 g/mol. The average Bonchev–Trinajstić information content (AvgIpc) is 3.34. The van der Waals surface area contributed by atoms with Crippen LogP contribution in [0.2, 0.25) is 0 Å². The van der Waals surface area contributed by atoms with Crippen LogP contribution in [0.25, 0.3) is 16.1 Å². The summed E-state index contributed by atoms with van der Waals surface area (Å²) in [5.74, 6) is -0.425. The second-order valence-electron chi connectivity index (χ2n) is 6.24. The van der Waals surface area contributed by atoms with Crippen LogP contribution in [0.1, 0.15) is 32.9 Å². The second kappa shape index (κ2) is 7.65. The molecule has 0 saturated heterocycles. The van der Waals surface area contributed by atoms with E-state index in [-0.39, 0.29) is 12.2 Å². The smallest absolute Gasteiger partial charge is 0.349 e. The van der Waals surface area contributed by atoms with E-state index in [1.165, 1.54) is 33.3 Å². The van der Waals surface area contributed by atoms with Gasteiger partial charge in [-0.3, -0.25) is 4.79 Å². The molecule has 0 N–H and O–H groups in total. The van der Waals surface area contributed by atoms with Gasteiger partial charge in [-0.1, -0.05) is 48.1 Å². The summed E-state index contributed by atoms with van der Waals surface area (Å²) in [5, 5.41) is 6.91. The zero-order valence-corrected chi connectivity index (χ0v) is 17.0. The third-order valence-electron chi connectivity index (χ3n) is 4.21. The third kappa shape index (κ3) is 3.61. The Morgan fingerprint density at radius 2 is 2.00 bits per heavy atom. The van der Waals surface area contributed by atoms with Gasteiger partial charge in [-0.25, -0.2) is 9.78 Å². The van der Waals surface area contributed by atoms with E-state index < -0.39 is 5.97 Å². The molecule has 0 radical (unpaired) electrons. The van der Waals surface area contributed by atoms with Gasteiger partial charge in [0.25, 0.3) is 5.56 Å². The number of aromatic nitrogens is 3. The van der Waals surface area contributed by atoms with Crippen LogP contribution in [0.5, 0.6) is 0 Å². The van der Waals surface area contributed by atoms with Gasteiger partial charge in [0.05, 0.1) is 5.69 Å². The van der Waals surface area contributed by atoms with E-state index in [1.807, 2.05) is 49.6 Å². The van der Waals surface area contributed by atoms with E-state index in [0.717, 1.165) is 28.1 Å². The molecule has 3 heterocycles. The summed E-state index contributed by atoms with van der Waals surface area (Å²) in [5.41, 5.74) is 3.11. The molecule has 0 spiro atoms. The molecule has 0 aliphatic carbocycles. The van der Waals surface area contributed by atoms with Gasteiger partial charge in [0.1, 0.15) is 16.5 Å². The summed E-state index contributed by atoms with van der Waals surface area (Å²) in [6, 6.07) is 11.3. The fraction of sp³-hybridized carbons (Fsp3) is 0.200. The first kappa shape index (κ1) is 18.5. The van der Waals surface area contributed by atoms with Crippen molar-refractivity contribution in [3.05, 3.63) is 73.3 Å². The molecule has 3 aromatic heterocycles. The maximum atomic E-state index is 12.6. The average molecular weight is 412 g/mol. The van der Waals surface area contributed by atoms with Gasteiger partial charge in [0.2, 0.25) is 4.96 Å². The largest absolute Gasteiger partial charge is 0.455 e.